The first-order chi connectivity index (χ1) is 15.6. The Labute approximate surface area is 194 Å². The molecule has 3 saturated heterocycles. The normalized spacial score (nSPS) is 25.6. The summed E-state index contributed by atoms with van der Waals surface area (Å²) in [7, 11) is 0. The van der Waals surface area contributed by atoms with Crippen LogP contribution in [0.2, 0.25) is 0 Å². The fourth-order valence-corrected chi connectivity index (χ4v) is 5.49. The summed E-state index contributed by atoms with van der Waals surface area (Å²) in [5.74, 6) is 2.58. The maximum Gasteiger partial charge on any atom is 0.224 e. The number of piperidine rings is 2. The quantitative estimate of drug-likeness (QED) is 0.724. The number of hydrogen-bond acceptors (Lipinski definition) is 6. The molecule has 1 amide bonds. The van der Waals surface area contributed by atoms with E-state index < -0.39 is 0 Å². The molecule has 3 aliphatic heterocycles. The van der Waals surface area contributed by atoms with Gasteiger partial charge in [-0.05, 0) is 57.1 Å². The van der Waals surface area contributed by atoms with Crippen LogP contribution in [0.3, 0.4) is 0 Å². The van der Waals surface area contributed by atoms with Crippen molar-refractivity contribution in [3.05, 3.63) is 12.3 Å². The number of aromatic nitrogens is 2. The van der Waals surface area contributed by atoms with Gasteiger partial charge in [0.05, 0.1) is 0 Å². The van der Waals surface area contributed by atoms with Crippen LogP contribution >= 0.6 is 0 Å². The van der Waals surface area contributed by atoms with Gasteiger partial charge >= 0.3 is 0 Å². The first-order valence-corrected chi connectivity index (χ1v) is 12.9. The van der Waals surface area contributed by atoms with Gasteiger partial charge in [-0.15, -0.1) is 0 Å². The molecule has 0 aliphatic carbocycles. The van der Waals surface area contributed by atoms with E-state index in [9.17, 15) is 4.79 Å². The summed E-state index contributed by atoms with van der Waals surface area (Å²) in [6.07, 6.45) is 12.4. The van der Waals surface area contributed by atoms with Crippen LogP contribution in [0.15, 0.2) is 12.3 Å². The molecule has 1 N–H and O–H groups in total. The van der Waals surface area contributed by atoms with Crippen molar-refractivity contribution in [1.82, 2.24) is 19.8 Å². The van der Waals surface area contributed by atoms with Gasteiger partial charge in [0.15, 0.2) is 0 Å². The van der Waals surface area contributed by atoms with Crippen molar-refractivity contribution in [2.24, 2.45) is 5.92 Å². The topological polar surface area (TPSA) is 64.6 Å². The zero-order valence-corrected chi connectivity index (χ0v) is 20.1. The van der Waals surface area contributed by atoms with Gasteiger partial charge in [-0.2, -0.15) is 4.98 Å². The molecule has 0 radical (unpaired) electrons. The van der Waals surface area contributed by atoms with Gasteiger partial charge in [0.25, 0.3) is 0 Å². The monoisotopic (exact) mass is 442 g/mol. The SMILES string of the molecule is CC(C)CC(=O)N1CCCC(N2CCCC(Nc3nccc(N4CCCCCC4)n3)C2)C1. The third-order valence-corrected chi connectivity index (χ3v) is 7.21. The van der Waals surface area contributed by atoms with Gasteiger partial charge in [-0.3, -0.25) is 9.69 Å². The summed E-state index contributed by atoms with van der Waals surface area (Å²) >= 11 is 0. The van der Waals surface area contributed by atoms with Crippen molar-refractivity contribution in [3.63, 3.8) is 0 Å². The van der Waals surface area contributed by atoms with Crippen LogP contribution in [-0.2, 0) is 4.79 Å². The number of likely N-dealkylation sites (tertiary alicyclic amines) is 2. The van der Waals surface area contributed by atoms with Crippen molar-refractivity contribution in [2.45, 2.75) is 83.7 Å². The van der Waals surface area contributed by atoms with Crippen LogP contribution in [0.4, 0.5) is 11.8 Å². The third-order valence-electron chi connectivity index (χ3n) is 7.21. The lowest BCUT2D eigenvalue weighted by Gasteiger charge is -2.43. The van der Waals surface area contributed by atoms with Crippen LogP contribution < -0.4 is 10.2 Å². The number of nitrogens with zero attached hydrogens (tertiary/aromatic N) is 5. The lowest BCUT2D eigenvalue weighted by molar-refractivity contribution is -0.134. The molecule has 178 valence electrons. The molecule has 2 atom stereocenters. The molecule has 0 saturated carbocycles. The minimum atomic E-state index is 0.329. The second kappa shape index (κ2) is 11.3. The predicted molar refractivity (Wildman–Crippen MR) is 130 cm³/mol. The fraction of sp³-hybridized carbons (Fsp3) is 0.800. The van der Waals surface area contributed by atoms with Gasteiger partial charge in [-0.25, -0.2) is 4.98 Å². The maximum atomic E-state index is 12.6. The first kappa shape index (κ1) is 23.3. The number of anilines is 2. The Hall–Kier alpha value is -1.89. The largest absolute Gasteiger partial charge is 0.356 e. The van der Waals surface area contributed by atoms with E-state index in [0.29, 0.717) is 30.3 Å². The Morgan fingerprint density at radius 3 is 2.59 bits per heavy atom. The fourth-order valence-electron chi connectivity index (χ4n) is 5.49. The summed E-state index contributed by atoms with van der Waals surface area (Å²) in [5.41, 5.74) is 0. The molecule has 4 rings (SSSR count). The van der Waals surface area contributed by atoms with Crippen LogP contribution in [0.1, 0.15) is 71.6 Å². The van der Waals surface area contributed by atoms with Crippen molar-refractivity contribution in [1.29, 1.82) is 0 Å². The maximum absolute atomic E-state index is 12.6. The number of carbonyl (C=O) groups is 1. The number of amides is 1. The highest BCUT2D eigenvalue weighted by atomic mass is 16.2. The summed E-state index contributed by atoms with van der Waals surface area (Å²) in [4.78, 5) is 29.1. The summed E-state index contributed by atoms with van der Waals surface area (Å²) in [5, 5.41) is 3.63. The van der Waals surface area contributed by atoms with Gasteiger partial charge < -0.3 is 15.1 Å². The molecule has 7 heteroatoms. The van der Waals surface area contributed by atoms with Gasteiger partial charge in [0.2, 0.25) is 11.9 Å². The second-order valence-electron chi connectivity index (χ2n) is 10.4. The highest BCUT2D eigenvalue weighted by molar-refractivity contribution is 5.76. The molecule has 3 aliphatic rings. The van der Waals surface area contributed by atoms with E-state index in [-0.39, 0.29) is 0 Å². The third kappa shape index (κ3) is 6.33. The molecule has 3 fully saturated rings. The smallest absolute Gasteiger partial charge is 0.224 e. The number of carbonyl (C=O) groups excluding carboxylic acids is 1. The van der Waals surface area contributed by atoms with E-state index in [1.807, 2.05) is 6.20 Å². The molecule has 0 spiro atoms. The van der Waals surface area contributed by atoms with E-state index >= 15 is 0 Å². The standard InChI is InChI=1S/C25H42N6O/c1-20(2)17-24(32)31-16-8-10-22(19-31)30-15-7-9-21(18-30)27-25-26-12-11-23(28-25)29-13-5-3-4-6-14-29/h11-12,20-22H,3-10,13-19H2,1-2H3,(H,26,27,28). The summed E-state index contributed by atoms with van der Waals surface area (Å²) in [6.45, 7) is 10.4. The van der Waals surface area contributed by atoms with Crippen LogP contribution in [0, 0.1) is 5.92 Å². The van der Waals surface area contributed by atoms with Gasteiger partial charge in [0, 0.05) is 57.4 Å². The van der Waals surface area contributed by atoms with Crippen molar-refractivity contribution in [2.75, 3.05) is 49.5 Å². The Balaban J connectivity index is 1.33. The highest BCUT2D eigenvalue weighted by Gasteiger charge is 2.31. The Kier molecular flexibility index (Phi) is 8.22. The van der Waals surface area contributed by atoms with Crippen molar-refractivity contribution in [3.8, 4) is 0 Å². The average molecular weight is 443 g/mol. The molecule has 32 heavy (non-hydrogen) atoms. The molecule has 0 aromatic carbocycles. The van der Waals surface area contributed by atoms with Gasteiger partial charge in [-0.1, -0.05) is 26.7 Å². The zero-order chi connectivity index (χ0) is 22.3. The van der Waals surface area contributed by atoms with Crippen LogP contribution in [0.25, 0.3) is 0 Å². The first-order valence-electron chi connectivity index (χ1n) is 12.9. The molecule has 0 bridgehead atoms. The lowest BCUT2D eigenvalue weighted by atomic mass is 9.98. The van der Waals surface area contributed by atoms with Crippen LogP contribution in [-0.4, -0.2) is 77.0 Å². The number of rotatable bonds is 6. The number of hydrogen-bond donors (Lipinski definition) is 1. The second-order valence-corrected chi connectivity index (χ2v) is 10.4. The zero-order valence-electron chi connectivity index (χ0n) is 20.1. The highest BCUT2D eigenvalue weighted by Crippen LogP contribution is 2.24. The Morgan fingerprint density at radius 1 is 1.03 bits per heavy atom. The molecule has 2 unspecified atom stereocenters. The van der Waals surface area contributed by atoms with E-state index in [2.05, 4.69) is 44.9 Å². The van der Waals surface area contributed by atoms with E-state index in [4.69, 9.17) is 4.98 Å². The Morgan fingerprint density at radius 2 is 1.81 bits per heavy atom. The van der Waals surface area contributed by atoms with Crippen molar-refractivity contribution < 1.29 is 4.79 Å². The summed E-state index contributed by atoms with van der Waals surface area (Å²) < 4.78 is 0. The molecule has 4 heterocycles. The molecule has 1 aromatic rings. The van der Waals surface area contributed by atoms with E-state index in [1.165, 1.54) is 38.5 Å². The average Bonchev–Trinajstić information content (AvgIpc) is 3.09. The van der Waals surface area contributed by atoms with Crippen LogP contribution in [0.5, 0.6) is 0 Å². The Bertz CT molecular complexity index is 733. The van der Waals surface area contributed by atoms with E-state index in [1.54, 1.807) is 0 Å². The molecular weight excluding hydrogens is 400 g/mol. The molecular formula is C25H42N6O. The summed E-state index contributed by atoms with van der Waals surface area (Å²) in [6, 6.07) is 2.90. The van der Waals surface area contributed by atoms with Gasteiger partial charge in [0.1, 0.15) is 5.82 Å². The minimum Gasteiger partial charge on any atom is -0.356 e. The van der Waals surface area contributed by atoms with Crippen molar-refractivity contribution >= 4 is 17.7 Å². The molecule has 1 aromatic heterocycles. The number of nitrogens with one attached hydrogen (secondary N) is 1. The lowest BCUT2D eigenvalue weighted by Crippen LogP contribution is -2.54. The predicted octanol–water partition coefficient (Wildman–Crippen LogP) is 3.77. The molecule has 7 nitrogen and oxygen atoms in total. The van der Waals surface area contributed by atoms with E-state index in [0.717, 1.165) is 63.9 Å². The minimum absolute atomic E-state index is 0.329.